The molecule has 2 N–H and O–H groups in total. The van der Waals surface area contributed by atoms with Crippen molar-refractivity contribution in [3.05, 3.63) is 17.2 Å². The number of aliphatic hydroxyl groups excluding tert-OH is 1. The Hall–Kier alpha value is -1.26. The van der Waals surface area contributed by atoms with E-state index in [2.05, 4.69) is 38.4 Å². The molecule has 0 amide bonds. The summed E-state index contributed by atoms with van der Waals surface area (Å²) in [4.78, 5) is 1.97. The number of fused-ring (bicyclic) bond motifs is 1. The van der Waals surface area contributed by atoms with Crippen LogP contribution in [0.25, 0.3) is 11.0 Å². The molecule has 1 aromatic heterocycles. The zero-order valence-electron chi connectivity index (χ0n) is 14.0. The van der Waals surface area contributed by atoms with Crippen LogP contribution >= 0.6 is 11.6 Å². The summed E-state index contributed by atoms with van der Waals surface area (Å²) in [7, 11) is -3.96. The van der Waals surface area contributed by atoms with Crippen molar-refractivity contribution in [1.29, 1.82) is 0 Å². The number of likely N-dealkylation sites (tertiary alicyclic amines) is 1. The van der Waals surface area contributed by atoms with E-state index in [-0.39, 0.29) is 22.0 Å². The van der Waals surface area contributed by atoms with Gasteiger partial charge >= 0.3 is 0 Å². The molecule has 8 nitrogen and oxygen atoms in total. The predicted molar refractivity (Wildman–Crippen MR) is 92.8 cm³/mol. The standard InChI is InChI=1S/C15H21ClN4O4S/c1-9-5-10(2)20(7-9)8-11(21)6-17-25(22,23)15-12(16)3-4-13-14(15)19-24-18-13/h3-4,9-11,17,21H,5-8H2,1-2H3/t9?,10?,11-/m0/s1. The Kier molecular flexibility index (Phi) is 5.31. The highest BCUT2D eigenvalue weighted by Gasteiger charge is 2.29. The fourth-order valence-electron chi connectivity index (χ4n) is 3.31. The third-order valence-electron chi connectivity index (χ3n) is 4.47. The van der Waals surface area contributed by atoms with E-state index in [9.17, 15) is 13.5 Å². The fourth-order valence-corrected chi connectivity index (χ4v) is 5.05. The number of sulfonamides is 1. The van der Waals surface area contributed by atoms with Gasteiger partial charge in [-0.2, -0.15) is 0 Å². The third kappa shape index (κ3) is 3.95. The quantitative estimate of drug-likeness (QED) is 0.766. The summed E-state index contributed by atoms with van der Waals surface area (Å²) in [5.74, 6) is 0.579. The molecule has 1 aliphatic heterocycles. The van der Waals surface area contributed by atoms with Crippen molar-refractivity contribution >= 4 is 32.7 Å². The number of aliphatic hydroxyl groups is 1. The van der Waals surface area contributed by atoms with Gasteiger partial charge in [-0.1, -0.05) is 18.5 Å². The van der Waals surface area contributed by atoms with Crippen molar-refractivity contribution < 1.29 is 18.2 Å². The minimum atomic E-state index is -3.96. The average Bonchev–Trinajstić information content (AvgIpc) is 3.11. The second-order valence-electron chi connectivity index (χ2n) is 6.66. The van der Waals surface area contributed by atoms with Crippen LogP contribution in [0.15, 0.2) is 21.7 Å². The van der Waals surface area contributed by atoms with Gasteiger partial charge < -0.3 is 5.11 Å². The zero-order chi connectivity index (χ0) is 18.2. The van der Waals surface area contributed by atoms with Crippen molar-refractivity contribution in [1.82, 2.24) is 19.9 Å². The molecule has 1 aromatic carbocycles. The normalized spacial score (nSPS) is 23.4. The molecule has 0 aliphatic carbocycles. The molecule has 1 fully saturated rings. The van der Waals surface area contributed by atoms with E-state index >= 15 is 0 Å². The van der Waals surface area contributed by atoms with Crippen molar-refractivity contribution in [2.75, 3.05) is 19.6 Å². The number of nitrogens with zero attached hydrogens (tertiary/aromatic N) is 3. The molecule has 0 spiro atoms. The number of halogens is 1. The summed E-state index contributed by atoms with van der Waals surface area (Å²) in [5.41, 5.74) is 0.363. The fraction of sp³-hybridized carbons (Fsp3) is 0.600. The Labute approximate surface area is 151 Å². The molecule has 2 heterocycles. The van der Waals surface area contributed by atoms with Gasteiger partial charge in [0.05, 0.1) is 11.1 Å². The van der Waals surface area contributed by atoms with Crippen LogP contribution in [0, 0.1) is 5.92 Å². The van der Waals surface area contributed by atoms with Crippen molar-refractivity contribution in [3.8, 4) is 0 Å². The van der Waals surface area contributed by atoms with Gasteiger partial charge in [0.2, 0.25) is 10.0 Å². The molecule has 0 bridgehead atoms. The molecule has 2 unspecified atom stereocenters. The maximum absolute atomic E-state index is 12.6. The molecule has 3 rings (SSSR count). The third-order valence-corrected chi connectivity index (χ3v) is 6.39. The van der Waals surface area contributed by atoms with Crippen LogP contribution in [0.5, 0.6) is 0 Å². The second-order valence-corrected chi connectivity index (χ2v) is 8.77. The molecule has 1 aliphatic rings. The summed E-state index contributed by atoms with van der Waals surface area (Å²) in [6.45, 7) is 5.48. The molecule has 1 saturated heterocycles. The number of hydrogen-bond donors (Lipinski definition) is 2. The lowest BCUT2D eigenvalue weighted by atomic mass is 10.1. The van der Waals surface area contributed by atoms with Crippen molar-refractivity contribution in [2.45, 2.75) is 37.3 Å². The molecule has 3 atom stereocenters. The van der Waals surface area contributed by atoms with Crippen LogP contribution < -0.4 is 4.72 Å². The molecular formula is C15H21ClN4O4S. The smallest absolute Gasteiger partial charge is 0.244 e. The van der Waals surface area contributed by atoms with Crippen LogP contribution in [0.2, 0.25) is 5.02 Å². The first-order valence-electron chi connectivity index (χ1n) is 8.10. The van der Waals surface area contributed by atoms with E-state index in [0.717, 1.165) is 13.0 Å². The number of benzene rings is 1. The van der Waals surface area contributed by atoms with Crippen molar-refractivity contribution in [3.63, 3.8) is 0 Å². The van der Waals surface area contributed by atoms with Crippen LogP contribution in [-0.2, 0) is 10.0 Å². The van der Waals surface area contributed by atoms with Gasteiger partial charge in [-0.15, -0.1) is 0 Å². The molecular weight excluding hydrogens is 368 g/mol. The van der Waals surface area contributed by atoms with E-state index in [1.54, 1.807) is 0 Å². The first-order valence-corrected chi connectivity index (χ1v) is 9.96. The molecule has 2 aromatic rings. The lowest BCUT2D eigenvalue weighted by Gasteiger charge is -2.24. The monoisotopic (exact) mass is 388 g/mol. The minimum absolute atomic E-state index is 0.0205. The van der Waals surface area contributed by atoms with Gasteiger partial charge in [0.15, 0.2) is 5.52 Å². The second kappa shape index (κ2) is 7.16. The van der Waals surface area contributed by atoms with Crippen LogP contribution in [0.4, 0.5) is 0 Å². The molecule has 138 valence electrons. The largest absolute Gasteiger partial charge is 0.390 e. The average molecular weight is 389 g/mol. The Bertz CT molecular complexity index is 856. The highest BCUT2D eigenvalue weighted by Crippen LogP contribution is 2.28. The first-order chi connectivity index (χ1) is 11.8. The highest BCUT2D eigenvalue weighted by molar-refractivity contribution is 7.89. The van der Waals surface area contributed by atoms with Crippen LogP contribution in [0.3, 0.4) is 0 Å². The lowest BCUT2D eigenvalue weighted by molar-refractivity contribution is 0.111. The van der Waals surface area contributed by atoms with Gasteiger partial charge in [0, 0.05) is 25.7 Å². The lowest BCUT2D eigenvalue weighted by Crippen LogP contribution is -2.41. The van der Waals surface area contributed by atoms with E-state index in [1.165, 1.54) is 12.1 Å². The molecule has 0 radical (unpaired) electrons. The van der Waals surface area contributed by atoms with Gasteiger partial charge in [-0.25, -0.2) is 17.8 Å². The zero-order valence-corrected chi connectivity index (χ0v) is 15.6. The summed E-state index contributed by atoms with van der Waals surface area (Å²) in [6.07, 6.45) is 0.255. The molecule has 10 heteroatoms. The number of β-amino-alcohol motifs (C(OH)–C–C–N with tert-alkyl or cyclic N) is 1. The number of nitrogens with one attached hydrogen (secondary N) is 1. The number of aromatic nitrogens is 2. The Morgan fingerprint density at radius 1 is 1.44 bits per heavy atom. The van der Waals surface area contributed by atoms with Crippen LogP contribution in [0.1, 0.15) is 20.3 Å². The van der Waals surface area contributed by atoms with Crippen LogP contribution in [-0.4, -0.2) is 60.5 Å². The Balaban J connectivity index is 1.69. The highest BCUT2D eigenvalue weighted by atomic mass is 35.5. The summed E-state index contributed by atoms with van der Waals surface area (Å²) in [5, 5.41) is 17.5. The van der Waals surface area contributed by atoms with E-state index in [4.69, 9.17) is 11.6 Å². The maximum Gasteiger partial charge on any atom is 0.244 e. The first kappa shape index (κ1) is 18.5. The van der Waals surface area contributed by atoms with E-state index < -0.39 is 16.1 Å². The topological polar surface area (TPSA) is 109 Å². The SMILES string of the molecule is CC1CC(C)N(C[C@@H](O)CNS(=O)(=O)c2c(Cl)ccc3nonc23)C1. The maximum atomic E-state index is 12.6. The summed E-state index contributed by atoms with van der Waals surface area (Å²) < 4.78 is 32.2. The van der Waals surface area contributed by atoms with Gasteiger partial charge in [0.1, 0.15) is 10.4 Å². The minimum Gasteiger partial charge on any atom is -0.390 e. The number of rotatable bonds is 6. The predicted octanol–water partition coefficient (Wildman–Crippen LogP) is 1.25. The molecule has 25 heavy (non-hydrogen) atoms. The van der Waals surface area contributed by atoms with Gasteiger partial charge in [0.25, 0.3) is 0 Å². The van der Waals surface area contributed by atoms with Gasteiger partial charge in [-0.05, 0) is 41.7 Å². The van der Waals surface area contributed by atoms with E-state index in [1.807, 2.05) is 0 Å². The van der Waals surface area contributed by atoms with Crippen molar-refractivity contribution in [2.24, 2.45) is 5.92 Å². The van der Waals surface area contributed by atoms with Gasteiger partial charge in [-0.3, -0.25) is 4.90 Å². The van der Waals surface area contributed by atoms with E-state index in [0.29, 0.717) is 24.0 Å². The Morgan fingerprint density at radius 3 is 2.88 bits per heavy atom. The number of hydrogen-bond acceptors (Lipinski definition) is 7. The Morgan fingerprint density at radius 2 is 2.20 bits per heavy atom. The molecule has 0 saturated carbocycles. The summed E-state index contributed by atoms with van der Waals surface area (Å²) >= 11 is 6.03. The summed E-state index contributed by atoms with van der Waals surface area (Å²) in [6, 6.07) is 3.33.